The van der Waals surface area contributed by atoms with Crippen LogP contribution in [0.5, 0.6) is 5.75 Å². The number of ether oxygens (including phenoxy) is 1. The van der Waals surface area contributed by atoms with Gasteiger partial charge in [0.05, 0.1) is 7.11 Å². The van der Waals surface area contributed by atoms with Crippen molar-refractivity contribution in [3.05, 3.63) is 82.9 Å². The zero-order valence-corrected chi connectivity index (χ0v) is 22.5. The average molecular weight is 502 g/mol. The number of rotatable bonds is 8. The Balaban J connectivity index is 1.97. The Morgan fingerprint density at radius 2 is 1.97 bits per heavy atom. The molecular formula is C29H32ClN5O. The molecule has 0 saturated carbocycles. The van der Waals surface area contributed by atoms with Crippen LogP contribution in [0.25, 0.3) is 33.9 Å². The van der Waals surface area contributed by atoms with E-state index in [9.17, 15) is 0 Å². The first-order valence-electron chi connectivity index (χ1n) is 12.0. The number of nitrogens with zero attached hydrogens (tertiary/aromatic N) is 5. The number of aryl methyl sites for hydroxylation is 1. The number of hydrogen-bond acceptors (Lipinski definition) is 4. The van der Waals surface area contributed by atoms with Gasteiger partial charge in [-0.25, -0.2) is 14.5 Å². The highest BCUT2D eigenvalue weighted by Crippen LogP contribution is 2.40. The van der Waals surface area contributed by atoms with Crippen LogP contribution in [0.3, 0.4) is 0 Å². The molecule has 0 unspecified atom stereocenters. The fraction of sp³-hybridized carbons (Fsp3) is 0.276. The number of halogens is 1. The van der Waals surface area contributed by atoms with Crippen molar-refractivity contribution in [1.82, 2.24) is 24.1 Å². The van der Waals surface area contributed by atoms with E-state index in [4.69, 9.17) is 21.4 Å². The average Bonchev–Trinajstić information content (AvgIpc) is 3.43. The number of aromatic nitrogens is 5. The van der Waals surface area contributed by atoms with Crippen LogP contribution in [0.15, 0.2) is 66.7 Å². The molecule has 4 rings (SSSR count). The molecule has 3 heterocycles. The molecule has 4 aromatic rings. The molecule has 0 fully saturated rings. The minimum Gasteiger partial charge on any atom is -0.496 e. The summed E-state index contributed by atoms with van der Waals surface area (Å²) in [5.41, 5.74) is 7.91. The van der Waals surface area contributed by atoms with Gasteiger partial charge in [-0.1, -0.05) is 67.0 Å². The van der Waals surface area contributed by atoms with Crippen LogP contribution in [-0.4, -0.2) is 31.3 Å². The number of imidazole rings is 1. The molecule has 6 nitrogen and oxygen atoms in total. The molecule has 0 amide bonds. The molecule has 0 aliphatic carbocycles. The topological polar surface area (TPSA) is 57.2 Å². The third-order valence-electron chi connectivity index (χ3n) is 6.25. The van der Waals surface area contributed by atoms with Crippen LogP contribution in [0.2, 0.25) is 5.15 Å². The minimum atomic E-state index is 0.342. The Labute approximate surface area is 217 Å². The highest BCUT2D eigenvalue weighted by Gasteiger charge is 2.22. The lowest BCUT2D eigenvalue weighted by Crippen LogP contribution is -2.02. The highest BCUT2D eigenvalue weighted by molar-refractivity contribution is 6.33. The lowest BCUT2D eigenvalue weighted by molar-refractivity contribution is 0.412. The molecular weight excluding hydrogens is 470 g/mol. The molecule has 7 heteroatoms. The zero-order valence-electron chi connectivity index (χ0n) is 21.8. The predicted molar refractivity (Wildman–Crippen MR) is 148 cm³/mol. The molecule has 0 saturated heterocycles. The molecule has 0 aliphatic heterocycles. The van der Waals surface area contributed by atoms with Crippen molar-refractivity contribution in [3.63, 3.8) is 0 Å². The standard InChI is InChI=1S/C29H32ClN5O/c1-8-10-18(2)15-19(3)16-20(4)25-23(22-11-9-12-24(36-7)21(22)5)17-35-26(25)27(30)32-28(33-35)29-31-13-14-34(29)6/h9,11-17H,4,8,10H2,1-3,5-7H3/b18-15-,19-16-. The summed E-state index contributed by atoms with van der Waals surface area (Å²) in [6.45, 7) is 12.9. The maximum absolute atomic E-state index is 6.83. The molecule has 0 radical (unpaired) electrons. The third kappa shape index (κ3) is 4.86. The van der Waals surface area contributed by atoms with E-state index in [1.807, 2.05) is 43.1 Å². The molecule has 1 aromatic carbocycles. The van der Waals surface area contributed by atoms with Crippen LogP contribution >= 0.6 is 11.6 Å². The Hall–Kier alpha value is -3.64. The summed E-state index contributed by atoms with van der Waals surface area (Å²) in [6.07, 6.45) is 12.0. The van der Waals surface area contributed by atoms with E-state index < -0.39 is 0 Å². The van der Waals surface area contributed by atoms with Gasteiger partial charge < -0.3 is 9.30 Å². The summed E-state index contributed by atoms with van der Waals surface area (Å²) in [4.78, 5) is 9.01. The molecule has 36 heavy (non-hydrogen) atoms. The number of allylic oxidation sites excluding steroid dienone is 5. The second-order valence-electron chi connectivity index (χ2n) is 9.09. The number of hydrogen-bond donors (Lipinski definition) is 0. The van der Waals surface area contributed by atoms with Crippen LogP contribution < -0.4 is 4.74 Å². The highest BCUT2D eigenvalue weighted by atomic mass is 35.5. The van der Waals surface area contributed by atoms with Gasteiger partial charge in [-0.05, 0) is 50.0 Å². The van der Waals surface area contributed by atoms with Crippen molar-refractivity contribution in [3.8, 4) is 28.5 Å². The smallest absolute Gasteiger partial charge is 0.217 e. The summed E-state index contributed by atoms with van der Waals surface area (Å²) in [6, 6.07) is 6.02. The van der Waals surface area contributed by atoms with E-state index in [0.29, 0.717) is 22.3 Å². The molecule has 0 aliphatic rings. The lowest BCUT2D eigenvalue weighted by Gasteiger charge is -2.12. The van der Waals surface area contributed by atoms with Crippen LogP contribution in [-0.2, 0) is 7.05 Å². The molecule has 3 aromatic heterocycles. The van der Waals surface area contributed by atoms with Crippen molar-refractivity contribution in [2.45, 2.75) is 40.5 Å². The first kappa shape index (κ1) is 25.5. The SMILES string of the molecule is C=C(/C=C(C)\C=C(\C)CCC)c1c(-c2cccc(OC)c2C)cn2nc(-c3nccn3C)nc(Cl)c12. The van der Waals surface area contributed by atoms with E-state index in [1.54, 1.807) is 17.8 Å². The van der Waals surface area contributed by atoms with E-state index in [-0.39, 0.29) is 0 Å². The van der Waals surface area contributed by atoms with Gasteiger partial charge in [-0.2, -0.15) is 0 Å². The number of benzene rings is 1. The summed E-state index contributed by atoms with van der Waals surface area (Å²) < 4.78 is 9.26. The fourth-order valence-corrected chi connectivity index (χ4v) is 4.88. The van der Waals surface area contributed by atoms with Gasteiger partial charge in [-0.15, -0.1) is 5.10 Å². The maximum atomic E-state index is 6.83. The molecule has 0 bridgehead atoms. The van der Waals surface area contributed by atoms with Gasteiger partial charge in [0, 0.05) is 36.8 Å². The van der Waals surface area contributed by atoms with Crippen LogP contribution in [0, 0.1) is 6.92 Å². The second-order valence-corrected chi connectivity index (χ2v) is 9.44. The molecule has 0 spiro atoms. The largest absolute Gasteiger partial charge is 0.496 e. The van der Waals surface area contributed by atoms with E-state index in [2.05, 4.69) is 55.5 Å². The molecule has 186 valence electrons. The van der Waals surface area contributed by atoms with Crippen molar-refractivity contribution in [1.29, 1.82) is 0 Å². The van der Waals surface area contributed by atoms with Crippen molar-refractivity contribution >= 4 is 22.7 Å². The summed E-state index contributed by atoms with van der Waals surface area (Å²) in [7, 11) is 3.58. The maximum Gasteiger partial charge on any atom is 0.217 e. The third-order valence-corrected chi connectivity index (χ3v) is 6.51. The Bertz CT molecular complexity index is 1510. The van der Waals surface area contributed by atoms with Gasteiger partial charge in [-0.3, -0.25) is 0 Å². The van der Waals surface area contributed by atoms with Gasteiger partial charge >= 0.3 is 0 Å². The first-order valence-corrected chi connectivity index (χ1v) is 12.4. The molecule has 0 N–H and O–H groups in total. The summed E-state index contributed by atoms with van der Waals surface area (Å²) in [5.74, 6) is 1.90. The predicted octanol–water partition coefficient (Wildman–Crippen LogP) is 7.47. The van der Waals surface area contributed by atoms with Crippen molar-refractivity contribution < 1.29 is 4.74 Å². The number of methoxy groups -OCH3 is 1. The van der Waals surface area contributed by atoms with Gasteiger partial charge in [0.25, 0.3) is 0 Å². The zero-order chi connectivity index (χ0) is 26.0. The number of fused-ring (bicyclic) bond motifs is 1. The van der Waals surface area contributed by atoms with Crippen molar-refractivity contribution in [2.24, 2.45) is 7.05 Å². The normalized spacial score (nSPS) is 12.4. The second kappa shape index (κ2) is 10.5. The van der Waals surface area contributed by atoms with Crippen LogP contribution in [0.4, 0.5) is 0 Å². The summed E-state index contributed by atoms with van der Waals surface area (Å²) >= 11 is 6.83. The van der Waals surface area contributed by atoms with Gasteiger partial charge in [0.2, 0.25) is 5.82 Å². The van der Waals surface area contributed by atoms with E-state index >= 15 is 0 Å². The Morgan fingerprint density at radius 3 is 2.64 bits per heavy atom. The Kier molecular flexibility index (Phi) is 7.45. The molecule has 0 atom stereocenters. The first-order chi connectivity index (χ1) is 17.2. The van der Waals surface area contributed by atoms with E-state index in [0.717, 1.165) is 52.0 Å². The quantitative estimate of drug-likeness (QED) is 0.235. The van der Waals surface area contributed by atoms with Crippen LogP contribution in [0.1, 0.15) is 44.7 Å². The Morgan fingerprint density at radius 1 is 1.19 bits per heavy atom. The van der Waals surface area contributed by atoms with Gasteiger partial charge in [0.15, 0.2) is 11.0 Å². The lowest BCUT2D eigenvalue weighted by atomic mass is 9.94. The van der Waals surface area contributed by atoms with E-state index in [1.165, 1.54) is 5.57 Å². The monoisotopic (exact) mass is 501 g/mol. The van der Waals surface area contributed by atoms with Crippen molar-refractivity contribution in [2.75, 3.05) is 7.11 Å². The fourth-order valence-electron chi connectivity index (χ4n) is 4.62. The minimum absolute atomic E-state index is 0.342. The van der Waals surface area contributed by atoms with Gasteiger partial charge in [0.1, 0.15) is 11.3 Å². The summed E-state index contributed by atoms with van der Waals surface area (Å²) in [5, 5.41) is 5.13.